The molecule has 0 aliphatic rings. The standard InChI is InChI=1S/C17H18N2O4/c1-4-18-13-7-5-6-8-14(13)19(17(18)21)10-12-9-11(2)15(23-12)16(20)22-3/h5-9H,4,10H2,1-3H3. The van der Waals surface area contributed by atoms with Crippen molar-refractivity contribution >= 4 is 17.0 Å². The van der Waals surface area contributed by atoms with E-state index in [9.17, 15) is 9.59 Å². The van der Waals surface area contributed by atoms with Gasteiger partial charge >= 0.3 is 11.7 Å². The highest BCUT2D eigenvalue weighted by atomic mass is 16.5. The average molecular weight is 314 g/mol. The summed E-state index contributed by atoms with van der Waals surface area (Å²) in [7, 11) is 1.31. The molecule has 3 aromatic rings. The molecule has 6 heteroatoms. The molecule has 6 nitrogen and oxygen atoms in total. The lowest BCUT2D eigenvalue weighted by atomic mass is 10.2. The molecule has 0 aliphatic carbocycles. The fourth-order valence-electron chi connectivity index (χ4n) is 2.81. The SMILES string of the molecule is CCn1c(=O)n(Cc2cc(C)c(C(=O)OC)o2)c2ccccc21. The first-order valence-electron chi connectivity index (χ1n) is 7.42. The summed E-state index contributed by atoms with van der Waals surface area (Å²) < 4.78 is 13.6. The van der Waals surface area contributed by atoms with E-state index in [0.717, 1.165) is 11.0 Å². The number of nitrogens with zero attached hydrogens (tertiary/aromatic N) is 2. The van der Waals surface area contributed by atoms with Gasteiger partial charge in [0.2, 0.25) is 5.76 Å². The lowest BCUT2D eigenvalue weighted by molar-refractivity contribution is 0.0561. The minimum Gasteiger partial charge on any atom is -0.463 e. The number of hydrogen-bond acceptors (Lipinski definition) is 4. The largest absolute Gasteiger partial charge is 0.463 e. The zero-order chi connectivity index (χ0) is 16.6. The van der Waals surface area contributed by atoms with Crippen LogP contribution in [0, 0.1) is 6.92 Å². The molecule has 3 rings (SSSR count). The number of rotatable bonds is 4. The van der Waals surface area contributed by atoms with Crippen LogP contribution in [0.2, 0.25) is 0 Å². The zero-order valence-corrected chi connectivity index (χ0v) is 13.3. The normalized spacial score (nSPS) is 11.1. The highest BCUT2D eigenvalue weighted by molar-refractivity contribution is 5.87. The van der Waals surface area contributed by atoms with Crippen LogP contribution in [0.15, 0.2) is 39.5 Å². The molecule has 0 bridgehead atoms. The number of carbonyl (C=O) groups excluding carboxylic acids is 1. The summed E-state index contributed by atoms with van der Waals surface area (Å²) in [4.78, 5) is 24.2. The van der Waals surface area contributed by atoms with Crippen molar-refractivity contribution in [3.8, 4) is 0 Å². The molecular formula is C17H18N2O4. The Morgan fingerprint density at radius 3 is 2.48 bits per heavy atom. The summed E-state index contributed by atoms with van der Waals surface area (Å²) in [5.74, 6) is 0.205. The zero-order valence-electron chi connectivity index (χ0n) is 13.3. The van der Waals surface area contributed by atoms with E-state index >= 15 is 0 Å². The lowest BCUT2D eigenvalue weighted by Crippen LogP contribution is -2.24. The molecular weight excluding hydrogens is 296 g/mol. The Morgan fingerprint density at radius 2 is 1.87 bits per heavy atom. The van der Waals surface area contributed by atoms with Gasteiger partial charge in [-0.05, 0) is 32.0 Å². The van der Waals surface area contributed by atoms with Crippen LogP contribution in [0.5, 0.6) is 0 Å². The van der Waals surface area contributed by atoms with Gasteiger partial charge in [-0.25, -0.2) is 9.59 Å². The Kier molecular flexibility index (Phi) is 3.82. The number of benzene rings is 1. The summed E-state index contributed by atoms with van der Waals surface area (Å²) in [5.41, 5.74) is 2.32. The monoisotopic (exact) mass is 314 g/mol. The molecule has 2 aromatic heterocycles. The van der Waals surface area contributed by atoms with Crippen molar-refractivity contribution in [1.29, 1.82) is 0 Å². The summed E-state index contributed by atoms with van der Waals surface area (Å²) in [6.45, 7) is 4.57. The summed E-state index contributed by atoms with van der Waals surface area (Å²) in [5, 5.41) is 0. The molecule has 23 heavy (non-hydrogen) atoms. The predicted molar refractivity (Wildman–Crippen MR) is 85.8 cm³/mol. The van der Waals surface area contributed by atoms with E-state index in [2.05, 4.69) is 0 Å². The molecule has 0 radical (unpaired) electrons. The molecule has 0 amide bonds. The van der Waals surface area contributed by atoms with Crippen LogP contribution in [0.1, 0.15) is 28.8 Å². The maximum atomic E-state index is 12.6. The topological polar surface area (TPSA) is 66.4 Å². The van der Waals surface area contributed by atoms with Crippen molar-refractivity contribution in [2.45, 2.75) is 26.9 Å². The van der Waals surface area contributed by atoms with E-state index in [4.69, 9.17) is 9.15 Å². The summed E-state index contributed by atoms with van der Waals surface area (Å²) in [6.07, 6.45) is 0. The van der Waals surface area contributed by atoms with Gasteiger partial charge in [-0.1, -0.05) is 12.1 Å². The fourth-order valence-corrected chi connectivity index (χ4v) is 2.81. The Balaban J connectivity index is 2.08. The number of aryl methyl sites for hydroxylation is 2. The number of hydrogen-bond donors (Lipinski definition) is 0. The molecule has 120 valence electrons. The van der Waals surface area contributed by atoms with E-state index in [-0.39, 0.29) is 18.0 Å². The Hall–Kier alpha value is -2.76. The summed E-state index contributed by atoms with van der Waals surface area (Å²) >= 11 is 0. The van der Waals surface area contributed by atoms with Crippen molar-refractivity contribution < 1.29 is 13.9 Å². The van der Waals surface area contributed by atoms with E-state index < -0.39 is 5.97 Å². The Labute approximate surface area is 132 Å². The minimum absolute atomic E-state index is 0.0950. The Bertz CT molecular complexity index is 930. The van der Waals surface area contributed by atoms with E-state index in [1.165, 1.54) is 7.11 Å². The second-order valence-electron chi connectivity index (χ2n) is 5.32. The maximum Gasteiger partial charge on any atom is 0.374 e. The first kappa shape index (κ1) is 15.1. The molecule has 0 saturated carbocycles. The van der Waals surface area contributed by atoms with Crippen LogP contribution in [0.25, 0.3) is 11.0 Å². The Morgan fingerprint density at radius 1 is 1.22 bits per heavy atom. The highest BCUT2D eigenvalue weighted by Gasteiger charge is 2.18. The molecule has 0 unspecified atom stereocenters. The van der Waals surface area contributed by atoms with Crippen LogP contribution in [-0.4, -0.2) is 22.2 Å². The van der Waals surface area contributed by atoms with Gasteiger partial charge in [0.25, 0.3) is 0 Å². The van der Waals surface area contributed by atoms with Gasteiger partial charge in [0.1, 0.15) is 5.76 Å². The number of carbonyl (C=O) groups is 1. The average Bonchev–Trinajstić information content (AvgIpc) is 3.05. The minimum atomic E-state index is -0.517. The van der Waals surface area contributed by atoms with Gasteiger partial charge in [0, 0.05) is 12.1 Å². The van der Waals surface area contributed by atoms with Crippen molar-refractivity contribution in [3.63, 3.8) is 0 Å². The number of aromatic nitrogens is 2. The highest BCUT2D eigenvalue weighted by Crippen LogP contribution is 2.19. The number of methoxy groups -OCH3 is 1. The number of imidazole rings is 1. The van der Waals surface area contributed by atoms with Gasteiger partial charge in [-0.3, -0.25) is 9.13 Å². The molecule has 0 saturated heterocycles. The van der Waals surface area contributed by atoms with E-state index in [1.807, 2.05) is 31.2 Å². The van der Waals surface area contributed by atoms with Crippen molar-refractivity contribution in [2.24, 2.45) is 0 Å². The molecule has 2 heterocycles. The number of fused-ring (bicyclic) bond motifs is 1. The predicted octanol–water partition coefficient (Wildman–Crippen LogP) is 2.56. The molecule has 0 N–H and O–H groups in total. The molecule has 0 atom stereocenters. The van der Waals surface area contributed by atoms with Crippen LogP contribution >= 0.6 is 0 Å². The van der Waals surface area contributed by atoms with Gasteiger partial charge < -0.3 is 9.15 Å². The third-order valence-electron chi connectivity index (χ3n) is 3.89. The van der Waals surface area contributed by atoms with Crippen LogP contribution in [0.4, 0.5) is 0 Å². The van der Waals surface area contributed by atoms with Crippen LogP contribution < -0.4 is 5.69 Å². The quantitative estimate of drug-likeness (QED) is 0.694. The first-order valence-corrected chi connectivity index (χ1v) is 7.42. The lowest BCUT2D eigenvalue weighted by Gasteiger charge is -2.00. The van der Waals surface area contributed by atoms with E-state index in [0.29, 0.717) is 17.9 Å². The van der Waals surface area contributed by atoms with Crippen molar-refractivity contribution in [2.75, 3.05) is 7.11 Å². The second-order valence-corrected chi connectivity index (χ2v) is 5.32. The number of esters is 1. The van der Waals surface area contributed by atoms with Crippen molar-refractivity contribution in [3.05, 3.63) is 57.9 Å². The van der Waals surface area contributed by atoms with Gasteiger partial charge in [-0.15, -0.1) is 0 Å². The fraction of sp³-hybridized carbons (Fsp3) is 0.294. The second kappa shape index (κ2) is 5.79. The third kappa shape index (κ3) is 2.46. The number of furan rings is 1. The van der Waals surface area contributed by atoms with Gasteiger partial charge in [0.15, 0.2) is 0 Å². The van der Waals surface area contributed by atoms with Gasteiger partial charge in [-0.2, -0.15) is 0 Å². The maximum absolute atomic E-state index is 12.6. The third-order valence-corrected chi connectivity index (χ3v) is 3.89. The molecule has 1 aromatic carbocycles. The van der Waals surface area contributed by atoms with E-state index in [1.54, 1.807) is 22.1 Å². The summed E-state index contributed by atoms with van der Waals surface area (Å²) in [6, 6.07) is 9.39. The van der Waals surface area contributed by atoms with Crippen LogP contribution in [-0.2, 0) is 17.8 Å². The first-order chi connectivity index (χ1) is 11.1. The number of ether oxygens (including phenoxy) is 1. The smallest absolute Gasteiger partial charge is 0.374 e. The molecule has 0 spiro atoms. The van der Waals surface area contributed by atoms with Crippen molar-refractivity contribution in [1.82, 2.24) is 9.13 Å². The van der Waals surface area contributed by atoms with Crippen LogP contribution in [0.3, 0.4) is 0 Å². The number of para-hydroxylation sites is 2. The van der Waals surface area contributed by atoms with Gasteiger partial charge in [0.05, 0.1) is 24.7 Å². The molecule has 0 fully saturated rings. The molecule has 0 aliphatic heterocycles.